The number of rotatable bonds is 2. The molecular weight excluding hydrogens is 255 g/mol. The molecule has 0 radical (unpaired) electrons. The van der Waals surface area contributed by atoms with E-state index in [2.05, 4.69) is 26.4 Å². The van der Waals surface area contributed by atoms with Crippen molar-refractivity contribution in [2.75, 3.05) is 7.05 Å². The summed E-state index contributed by atoms with van der Waals surface area (Å²) in [4.78, 5) is 0. The van der Waals surface area contributed by atoms with Crippen LogP contribution in [0.4, 0.5) is 0 Å². The first kappa shape index (κ1) is 9.18. The molecule has 11 heavy (non-hydrogen) atoms. The highest BCUT2D eigenvalue weighted by molar-refractivity contribution is 14.1. The van der Waals surface area contributed by atoms with Crippen molar-refractivity contribution in [3.63, 3.8) is 0 Å². The molecule has 0 spiro atoms. The standard InChI is InChI=1S/C7H11IN2O/c1-10(11)7-4-2-6(9-8)3-5-7/h2,4-6,9-10H,3H2,1H3. The van der Waals surface area contributed by atoms with Gasteiger partial charge in [0.05, 0.1) is 7.05 Å². The summed E-state index contributed by atoms with van der Waals surface area (Å²) < 4.78 is 3.09. The van der Waals surface area contributed by atoms with Crippen LogP contribution in [0.5, 0.6) is 0 Å². The van der Waals surface area contributed by atoms with Crippen LogP contribution < -0.4 is 8.59 Å². The molecule has 0 aromatic rings. The van der Waals surface area contributed by atoms with Crippen molar-refractivity contribution in [1.82, 2.24) is 3.53 Å². The summed E-state index contributed by atoms with van der Waals surface area (Å²) in [6.45, 7) is 0. The molecule has 3 nitrogen and oxygen atoms in total. The smallest absolute Gasteiger partial charge is 0.126 e. The van der Waals surface area contributed by atoms with E-state index in [0.29, 0.717) is 6.04 Å². The molecule has 0 aromatic heterocycles. The minimum Gasteiger partial charge on any atom is -0.629 e. The maximum absolute atomic E-state index is 10.9. The first-order chi connectivity index (χ1) is 5.24. The number of hydroxylamine groups is 2. The van der Waals surface area contributed by atoms with E-state index in [1.165, 1.54) is 0 Å². The molecule has 4 heteroatoms. The molecule has 0 saturated carbocycles. The van der Waals surface area contributed by atoms with Crippen molar-refractivity contribution in [3.05, 3.63) is 29.1 Å². The lowest BCUT2D eigenvalue weighted by atomic mass is 10.1. The maximum atomic E-state index is 10.9. The Morgan fingerprint density at radius 2 is 2.55 bits per heavy atom. The molecule has 0 bridgehead atoms. The van der Waals surface area contributed by atoms with Crippen molar-refractivity contribution in [3.8, 4) is 0 Å². The van der Waals surface area contributed by atoms with E-state index in [4.69, 9.17) is 0 Å². The molecule has 0 heterocycles. The van der Waals surface area contributed by atoms with Crippen molar-refractivity contribution in [2.45, 2.75) is 12.5 Å². The molecule has 0 fully saturated rings. The highest BCUT2D eigenvalue weighted by Gasteiger charge is 2.08. The minimum atomic E-state index is 0.146. The number of allylic oxidation sites excluding steroid dienone is 1. The lowest BCUT2D eigenvalue weighted by Crippen LogP contribution is -3.01. The number of hydrogen-bond acceptors (Lipinski definition) is 2. The van der Waals surface area contributed by atoms with Gasteiger partial charge in [-0.05, 0) is 18.6 Å². The van der Waals surface area contributed by atoms with E-state index in [9.17, 15) is 5.21 Å². The third kappa shape index (κ3) is 2.55. The van der Waals surface area contributed by atoms with Crippen molar-refractivity contribution in [1.29, 1.82) is 0 Å². The molecule has 2 N–H and O–H groups in total. The Morgan fingerprint density at radius 3 is 2.91 bits per heavy atom. The van der Waals surface area contributed by atoms with Crippen LogP contribution >= 0.6 is 22.9 Å². The number of likely N-dealkylation sites (N-methyl/N-ethyl adjacent to an activating group) is 1. The van der Waals surface area contributed by atoms with Gasteiger partial charge in [0, 0.05) is 28.9 Å². The number of halogens is 1. The van der Waals surface area contributed by atoms with Gasteiger partial charge < -0.3 is 10.3 Å². The third-order valence-electron chi connectivity index (χ3n) is 1.65. The van der Waals surface area contributed by atoms with Gasteiger partial charge in [0.15, 0.2) is 0 Å². The van der Waals surface area contributed by atoms with Gasteiger partial charge in [-0.2, -0.15) is 0 Å². The van der Waals surface area contributed by atoms with Gasteiger partial charge >= 0.3 is 0 Å². The summed E-state index contributed by atoms with van der Waals surface area (Å²) in [5.74, 6) is 0. The Bertz CT molecular complexity index is 189. The monoisotopic (exact) mass is 266 g/mol. The lowest BCUT2D eigenvalue weighted by molar-refractivity contribution is -0.779. The second-order valence-electron chi connectivity index (χ2n) is 2.53. The molecule has 1 aliphatic rings. The topological polar surface area (TPSA) is 39.5 Å². The Morgan fingerprint density at radius 1 is 1.82 bits per heavy atom. The summed E-state index contributed by atoms with van der Waals surface area (Å²) in [6, 6.07) is 0.388. The van der Waals surface area contributed by atoms with E-state index in [1.807, 2.05) is 18.2 Å². The van der Waals surface area contributed by atoms with Crippen LogP contribution in [0.3, 0.4) is 0 Å². The van der Waals surface area contributed by atoms with Gasteiger partial charge in [0.1, 0.15) is 5.70 Å². The van der Waals surface area contributed by atoms with Crippen LogP contribution in [0.25, 0.3) is 0 Å². The molecule has 1 rings (SSSR count). The van der Waals surface area contributed by atoms with E-state index in [-0.39, 0.29) is 5.06 Å². The zero-order valence-electron chi connectivity index (χ0n) is 6.30. The summed E-state index contributed by atoms with van der Waals surface area (Å²) in [6.07, 6.45) is 6.78. The third-order valence-corrected chi connectivity index (χ3v) is 2.45. The molecule has 62 valence electrons. The van der Waals surface area contributed by atoms with Crippen molar-refractivity contribution < 1.29 is 5.06 Å². The average molecular weight is 266 g/mol. The van der Waals surface area contributed by atoms with E-state index in [1.54, 1.807) is 7.05 Å². The first-order valence-corrected chi connectivity index (χ1v) is 4.57. The van der Waals surface area contributed by atoms with Gasteiger partial charge in [0.2, 0.25) is 0 Å². The predicted molar refractivity (Wildman–Crippen MR) is 53.0 cm³/mol. The zero-order chi connectivity index (χ0) is 8.27. The summed E-state index contributed by atoms with van der Waals surface area (Å²) in [5, 5.41) is 11.0. The predicted octanol–water partition coefficient (Wildman–Crippen LogP) is 0.151. The van der Waals surface area contributed by atoms with E-state index < -0.39 is 0 Å². The van der Waals surface area contributed by atoms with Crippen molar-refractivity contribution >= 4 is 22.9 Å². The van der Waals surface area contributed by atoms with E-state index >= 15 is 0 Å². The van der Waals surface area contributed by atoms with Crippen LogP contribution in [0.15, 0.2) is 23.9 Å². The quantitative estimate of drug-likeness (QED) is 0.424. The number of quaternary nitrogens is 1. The maximum Gasteiger partial charge on any atom is 0.126 e. The Kier molecular flexibility index (Phi) is 3.50. The largest absolute Gasteiger partial charge is 0.629 e. The molecule has 0 aromatic carbocycles. The molecule has 0 aliphatic heterocycles. The summed E-state index contributed by atoms with van der Waals surface area (Å²) in [5.41, 5.74) is 0.827. The minimum absolute atomic E-state index is 0.146. The molecular formula is C7H11IN2O. The Labute approximate surface area is 80.2 Å². The van der Waals surface area contributed by atoms with Gasteiger partial charge in [-0.3, -0.25) is 3.53 Å². The molecule has 2 atom stereocenters. The Balaban J connectivity index is 2.53. The van der Waals surface area contributed by atoms with Crippen LogP contribution in [-0.4, -0.2) is 13.1 Å². The fraction of sp³-hybridized carbons (Fsp3) is 0.429. The zero-order valence-corrected chi connectivity index (χ0v) is 8.46. The van der Waals surface area contributed by atoms with Gasteiger partial charge in [-0.15, -0.1) is 0 Å². The molecule has 2 unspecified atom stereocenters. The number of hydrogen-bond donors (Lipinski definition) is 2. The van der Waals surface area contributed by atoms with Crippen molar-refractivity contribution in [2.24, 2.45) is 0 Å². The Hall–Kier alpha value is 0.0900. The molecule has 1 aliphatic carbocycles. The molecule has 0 amide bonds. The van der Waals surface area contributed by atoms with Crippen LogP contribution in [0.2, 0.25) is 0 Å². The fourth-order valence-corrected chi connectivity index (χ4v) is 1.42. The van der Waals surface area contributed by atoms with Crippen LogP contribution in [0.1, 0.15) is 6.42 Å². The van der Waals surface area contributed by atoms with Gasteiger partial charge in [-0.1, -0.05) is 6.08 Å². The highest BCUT2D eigenvalue weighted by Crippen LogP contribution is 2.06. The average Bonchev–Trinajstić information content (AvgIpc) is 2.05. The van der Waals surface area contributed by atoms with Gasteiger partial charge in [0.25, 0.3) is 0 Å². The highest BCUT2D eigenvalue weighted by atomic mass is 127. The second kappa shape index (κ2) is 4.20. The summed E-state index contributed by atoms with van der Waals surface area (Å²) in [7, 11) is 1.59. The van der Waals surface area contributed by atoms with Crippen LogP contribution in [-0.2, 0) is 0 Å². The first-order valence-electron chi connectivity index (χ1n) is 3.49. The second-order valence-corrected chi connectivity index (χ2v) is 3.15. The summed E-state index contributed by atoms with van der Waals surface area (Å²) >= 11 is 2.12. The van der Waals surface area contributed by atoms with E-state index in [0.717, 1.165) is 12.1 Å². The number of nitrogens with one attached hydrogen (secondary N) is 2. The van der Waals surface area contributed by atoms with Crippen LogP contribution in [0, 0.1) is 5.21 Å². The normalized spacial score (nSPS) is 26.5. The molecule has 0 saturated heterocycles. The lowest BCUT2D eigenvalue weighted by Gasteiger charge is -2.20. The fourth-order valence-electron chi connectivity index (χ4n) is 0.962. The SMILES string of the molecule is C[NH+]([O-])C1=CCC(NI)C=C1. The van der Waals surface area contributed by atoms with Gasteiger partial charge in [-0.25, -0.2) is 0 Å².